The van der Waals surface area contributed by atoms with E-state index in [1.165, 1.54) is 55.9 Å². The van der Waals surface area contributed by atoms with Gasteiger partial charge in [0.05, 0.1) is 0 Å². The lowest BCUT2D eigenvalue weighted by Crippen LogP contribution is -2.68. The van der Waals surface area contributed by atoms with Gasteiger partial charge in [0, 0.05) is 31.9 Å². The third-order valence-corrected chi connectivity index (χ3v) is 6.64. The zero-order valence-corrected chi connectivity index (χ0v) is 25.6. The number of anilines is 1. The lowest BCUT2D eigenvalue weighted by Gasteiger charge is -2.17. The first kappa shape index (κ1) is 32.5. The molecule has 0 fully saturated rings. The van der Waals surface area contributed by atoms with Crippen molar-refractivity contribution in [1.29, 1.82) is 0 Å². The maximum absolute atomic E-state index is 8.49. The molecule has 0 amide bonds. The maximum atomic E-state index is 8.49. The quantitative estimate of drug-likeness (QED) is 0.328. The van der Waals surface area contributed by atoms with Gasteiger partial charge in [-0.3, -0.25) is 0 Å². The summed E-state index contributed by atoms with van der Waals surface area (Å²) >= 11 is 0. The molecule has 6 nitrogen and oxygen atoms in total. The fourth-order valence-electron chi connectivity index (χ4n) is 4.30. The van der Waals surface area contributed by atoms with Crippen LogP contribution in [-0.2, 0) is 0 Å². The SMILES string of the molecule is Cc1ccc(C(/C=C/C=C(\c2ccc(C)cc2)c2ccc(N(C)C)cc2)=C2C=CC(=[N+](C)C)C=C2)cc1.[O-][Cl+3]([O-])([O-])[O-]. The summed E-state index contributed by atoms with van der Waals surface area (Å²) in [5.41, 5.74) is 12.1. The molecule has 4 rings (SSSR count). The van der Waals surface area contributed by atoms with Gasteiger partial charge in [0.25, 0.3) is 0 Å². The fraction of sp³-hybridized carbons (Fsp3) is 0.171. The molecule has 0 unspecified atom stereocenters. The van der Waals surface area contributed by atoms with Crippen LogP contribution in [0, 0.1) is 24.1 Å². The van der Waals surface area contributed by atoms with Gasteiger partial charge in [0.15, 0.2) is 5.71 Å². The predicted molar refractivity (Wildman–Crippen MR) is 162 cm³/mol. The van der Waals surface area contributed by atoms with Crippen molar-refractivity contribution in [3.8, 4) is 0 Å². The van der Waals surface area contributed by atoms with Crippen molar-refractivity contribution in [2.24, 2.45) is 0 Å². The number of halogens is 1. The van der Waals surface area contributed by atoms with Crippen LogP contribution in [0.5, 0.6) is 0 Å². The molecule has 0 spiro atoms. The molecule has 3 aromatic rings. The largest absolute Gasteiger partial charge is 0.378 e. The number of rotatable bonds is 6. The molecule has 1 aliphatic rings. The fourth-order valence-corrected chi connectivity index (χ4v) is 4.30. The maximum Gasteiger partial charge on any atom is 0.199 e. The Hall–Kier alpha value is -4.04. The molecular formula is C35H37ClN2O4. The van der Waals surface area contributed by atoms with E-state index < -0.39 is 10.2 Å². The van der Waals surface area contributed by atoms with E-state index in [1.54, 1.807) is 0 Å². The lowest BCUT2D eigenvalue weighted by atomic mass is 9.94. The van der Waals surface area contributed by atoms with Gasteiger partial charge in [0.1, 0.15) is 14.1 Å². The second-order valence-corrected chi connectivity index (χ2v) is 11.1. The molecule has 1 aliphatic carbocycles. The van der Waals surface area contributed by atoms with Gasteiger partial charge < -0.3 is 4.90 Å². The van der Waals surface area contributed by atoms with E-state index in [4.69, 9.17) is 18.6 Å². The van der Waals surface area contributed by atoms with E-state index in [0.717, 1.165) is 0 Å². The van der Waals surface area contributed by atoms with Crippen LogP contribution in [0.4, 0.5) is 5.69 Å². The van der Waals surface area contributed by atoms with Crippen LogP contribution in [0.15, 0.2) is 121 Å². The highest BCUT2D eigenvalue weighted by Gasteiger charge is 2.10. The standard InChI is InChI=1S/C35H37N2.ClHO4/c1-26-10-14-28(15-11-26)34(30-18-22-32(23-19-30)36(3)4)8-7-9-35(29-16-12-27(2)13-17-29)31-20-24-33(25-21-31)37(5)6;2-1(3,4)5/h7-25H,1-6H3;(H,2,3,4,5)/q+1;/p-1. The number of benzene rings is 3. The van der Waals surface area contributed by atoms with Crippen LogP contribution >= 0.6 is 0 Å². The highest BCUT2D eigenvalue weighted by atomic mass is 35.7. The Balaban J connectivity index is 0.000000892. The average molecular weight is 585 g/mol. The summed E-state index contributed by atoms with van der Waals surface area (Å²) in [4.78, 5) is 2.13. The van der Waals surface area contributed by atoms with Crippen LogP contribution in [0.3, 0.4) is 0 Å². The minimum absolute atomic E-state index is 1.19. The second kappa shape index (κ2) is 14.7. The Morgan fingerprint density at radius 3 is 1.52 bits per heavy atom. The van der Waals surface area contributed by atoms with E-state index in [2.05, 4.69) is 167 Å². The molecule has 0 atom stereocenters. The summed E-state index contributed by atoms with van der Waals surface area (Å²) in [7, 11) is 3.34. The molecule has 0 heterocycles. The first-order valence-corrected chi connectivity index (χ1v) is 14.6. The van der Waals surface area contributed by atoms with Gasteiger partial charge in [-0.15, -0.1) is 10.2 Å². The van der Waals surface area contributed by atoms with E-state index >= 15 is 0 Å². The Bertz CT molecular complexity index is 1510. The number of allylic oxidation sites excluding steroid dienone is 9. The highest BCUT2D eigenvalue weighted by molar-refractivity contribution is 6.03. The molecule has 7 heteroatoms. The highest BCUT2D eigenvalue weighted by Crippen LogP contribution is 2.28. The molecule has 3 aromatic carbocycles. The number of aryl methyl sites for hydroxylation is 2. The van der Waals surface area contributed by atoms with Gasteiger partial charge in [-0.05, 0) is 71.5 Å². The lowest BCUT2D eigenvalue weighted by molar-refractivity contribution is -2.00. The third-order valence-electron chi connectivity index (χ3n) is 6.64. The van der Waals surface area contributed by atoms with E-state index in [9.17, 15) is 0 Å². The second-order valence-electron chi connectivity index (χ2n) is 10.3. The van der Waals surface area contributed by atoms with Gasteiger partial charge >= 0.3 is 0 Å². The minimum atomic E-state index is -4.94. The normalized spacial score (nSPS) is 13.2. The van der Waals surface area contributed by atoms with E-state index in [-0.39, 0.29) is 0 Å². The molecule has 0 radical (unpaired) electrons. The van der Waals surface area contributed by atoms with Crippen molar-refractivity contribution in [3.05, 3.63) is 149 Å². The van der Waals surface area contributed by atoms with Crippen molar-refractivity contribution in [3.63, 3.8) is 0 Å². The molecule has 42 heavy (non-hydrogen) atoms. The van der Waals surface area contributed by atoms with Gasteiger partial charge in [-0.25, -0.2) is 23.2 Å². The van der Waals surface area contributed by atoms with Gasteiger partial charge in [-0.2, -0.15) is 0 Å². The van der Waals surface area contributed by atoms with Crippen LogP contribution in [0.25, 0.3) is 11.1 Å². The Kier molecular flexibility index (Phi) is 11.4. The Morgan fingerprint density at radius 2 is 1.10 bits per heavy atom. The van der Waals surface area contributed by atoms with E-state index in [1.807, 2.05) is 0 Å². The number of nitrogens with zero attached hydrogens (tertiary/aromatic N) is 2. The summed E-state index contributed by atoms with van der Waals surface area (Å²) in [5, 5.41) is 0. The van der Waals surface area contributed by atoms with Crippen LogP contribution in [0.1, 0.15) is 27.8 Å². The molecule has 0 aliphatic heterocycles. The first-order chi connectivity index (χ1) is 19.8. The van der Waals surface area contributed by atoms with Crippen LogP contribution in [-0.4, -0.2) is 38.5 Å². The Labute approximate surface area is 251 Å². The van der Waals surface area contributed by atoms with Crippen LogP contribution < -0.4 is 23.5 Å². The van der Waals surface area contributed by atoms with Gasteiger partial charge in [0.2, 0.25) is 0 Å². The van der Waals surface area contributed by atoms with Crippen molar-refractivity contribution in [1.82, 2.24) is 0 Å². The van der Waals surface area contributed by atoms with Crippen molar-refractivity contribution >= 4 is 22.5 Å². The molecule has 0 aromatic heterocycles. The summed E-state index contributed by atoms with van der Waals surface area (Å²) in [5.74, 6) is 0. The van der Waals surface area contributed by atoms with Crippen molar-refractivity contribution < 1.29 is 33.5 Å². The molecular weight excluding hydrogens is 548 g/mol. The third kappa shape index (κ3) is 10.1. The average Bonchev–Trinajstić information content (AvgIpc) is 2.94. The topological polar surface area (TPSA) is 98.5 Å². The molecule has 218 valence electrons. The molecule has 0 saturated heterocycles. The zero-order chi connectivity index (χ0) is 30.9. The van der Waals surface area contributed by atoms with E-state index in [0.29, 0.717) is 0 Å². The summed E-state index contributed by atoms with van der Waals surface area (Å²) < 4.78 is 36.1. The predicted octanol–water partition coefficient (Wildman–Crippen LogP) is 2.89. The zero-order valence-electron chi connectivity index (χ0n) is 24.9. The smallest absolute Gasteiger partial charge is 0.199 e. The number of hydrogen-bond acceptors (Lipinski definition) is 5. The molecule has 0 saturated carbocycles. The monoisotopic (exact) mass is 584 g/mol. The summed E-state index contributed by atoms with van der Waals surface area (Å²) in [6.45, 7) is 4.26. The summed E-state index contributed by atoms with van der Waals surface area (Å²) in [6.07, 6.45) is 15.4. The first-order valence-electron chi connectivity index (χ1n) is 13.4. The van der Waals surface area contributed by atoms with Gasteiger partial charge in [-0.1, -0.05) is 90.0 Å². The van der Waals surface area contributed by atoms with Crippen LogP contribution in [0.2, 0.25) is 0 Å². The summed E-state index contributed by atoms with van der Waals surface area (Å²) in [6, 6.07) is 26.3. The van der Waals surface area contributed by atoms with Crippen molar-refractivity contribution in [2.45, 2.75) is 13.8 Å². The molecule has 0 bridgehead atoms. The minimum Gasteiger partial charge on any atom is -0.378 e. The molecule has 0 N–H and O–H groups in total. The Morgan fingerprint density at radius 1 is 0.667 bits per heavy atom. The number of hydrogen-bond donors (Lipinski definition) is 0. The van der Waals surface area contributed by atoms with Crippen molar-refractivity contribution in [2.75, 3.05) is 33.1 Å².